The van der Waals surface area contributed by atoms with Crippen LogP contribution in [-0.4, -0.2) is 65.6 Å². The second-order valence-corrected chi connectivity index (χ2v) is 14.9. The van der Waals surface area contributed by atoms with Crippen molar-refractivity contribution in [1.29, 1.82) is 0 Å². The van der Waals surface area contributed by atoms with Gasteiger partial charge in [0, 0.05) is 23.7 Å². The van der Waals surface area contributed by atoms with Gasteiger partial charge in [0.1, 0.15) is 18.4 Å². The molecule has 8 rings (SSSR count). The molecule has 0 spiro atoms. The van der Waals surface area contributed by atoms with Gasteiger partial charge in [0.15, 0.2) is 11.5 Å². The van der Waals surface area contributed by atoms with Gasteiger partial charge < -0.3 is 44.0 Å². The first-order valence-corrected chi connectivity index (χ1v) is 20.2. The lowest BCUT2D eigenvalue weighted by molar-refractivity contribution is -0.126. The summed E-state index contributed by atoms with van der Waals surface area (Å²) >= 11 is 0. The van der Waals surface area contributed by atoms with E-state index in [1.165, 1.54) is 21.3 Å². The van der Waals surface area contributed by atoms with Gasteiger partial charge in [0.2, 0.25) is 17.6 Å². The number of benzene rings is 6. The molecule has 316 valence electrons. The zero-order chi connectivity index (χ0) is 43.2. The van der Waals surface area contributed by atoms with Crippen molar-refractivity contribution in [3.8, 4) is 34.1 Å². The maximum Gasteiger partial charge on any atom is 0.407 e. The van der Waals surface area contributed by atoms with E-state index in [9.17, 15) is 14.4 Å². The Balaban J connectivity index is 0.989. The first kappa shape index (κ1) is 41.4. The lowest BCUT2D eigenvalue weighted by Gasteiger charge is -2.48. The number of fused-ring (bicyclic) bond motifs is 3. The van der Waals surface area contributed by atoms with Gasteiger partial charge in [-0.3, -0.25) is 9.59 Å². The number of methoxy groups -OCH3 is 4. The molecule has 0 unspecified atom stereocenters. The molecule has 12 nitrogen and oxygen atoms in total. The number of hydrogen-bond donors (Lipinski definition) is 2. The summed E-state index contributed by atoms with van der Waals surface area (Å²) < 4.78 is 33.9. The molecule has 6 aromatic carbocycles. The minimum absolute atomic E-state index is 0.0922. The normalized spacial score (nSPS) is 15.7. The highest BCUT2D eigenvalue weighted by Gasteiger charge is 2.50. The Morgan fingerprint density at radius 3 is 1.87 bits per heavy atom. The van der Waals surface area contributed by atoms with E-state index in [4.69, 9.17) is 28.4 Å². The number of rotatable bonds is 16. The van der Waals surface area contributed by atoms with Crippen molar-refractivity contribution in [3.05, 3.63) is 167 Å². The number of alkyl carbamates (subject to hydrolysis) is 1. The molecule has 3 amide bonds. The molecule has 1 aliphatic carbocycles. The van der Waals surface area contributed by atoms with Crippen molar-refractivity contribution in [3.63, 3.8) is 0 Å². The second kappa shape index (κ2) is 18.5. The number of hydrogen-bond acceptors (Lipinski definition) is 9. The number of carbonyl (C=O) groups excluding carboxylic acids is 3. The van der Waals surface area contributed by atoms with E-state index < -0.39 is 30.0 Å². The third kappa shape index (κ3) is 8.37. The zero-order valence-corrected chi connectivity index (χ0v) is 34.8. The van der Waals surface area contributed by atoms with E-state index in [0.717, 1.165) is 38.9 Å². The highest BCUT2D eigenvalue weighted by atomic mass is 16.6. The Morgan fingerprint density at radius 1 is 0.677 bits per heavy atom. The van der Waals surface area contributed by atoms with Crippen LogP contribution in [0.25, 0.3) is 11.1 Å². The molecule has 0 saturated carbocycles. The van der Waals surface area contributed by atoms with Crippen molar-refractivity contribution in [1.82, 2.24) is 5.32 Å². The summed E-state index contributed by atoms with van der Waals surface area (Å²) in [6.07, 6.45) is -0.740. The molecule has 1 fully saturated rings. The van der Waals surface area contributed by atoms with Crippen molar-refractivity contribution in [2.24, 2.45) is 0 Å². The summed E-state index contributed by atoms with van der Waals surface area (Å²) in [5.41, 5.74) is 8.00. The molecule has 0 aromatic heterocycles. The molecule has 0 radical (unpaired) electrons. The molecule has 2 aliphatic rings. The smallest absolute Gasteiger partial charge is 0.407 e. The fourth-order valence-electron chi connectivity index (χ4n) is 8.29. The van der Waals surface area contributed by atoms with Crippen LogP contribution in [0.4, 0.5) is 16.2 Å². The van der Waals surface area contributed by atoms with Crippen molar-refractivity contribution in [2.75, 3.05) is 51.9 Å². The van der Waals surface area contributed by atoms with Crippen molar-refractivity contribution < 1.29 is 42.8 Å². The third-order valence-electron chi connectivity index (χ3n) is 11.4. The molecule has 2 N–H and O–H groups in total. The maximum atomic E-state index is 14.2. The lowest BCUT2D eigenvalue weighted by Crippen LogP contribution is -2.53. The SMILES string of the molecule is COc1ccc([C@H]2[C@H](c3ccc(NC(=O)[C@H](COCc4ccccc4)NC(=O)OCC4c5ccccc5-c5ccccc54)cc3)C(=O)N2c2cc(OC)c(OC)c(OC)c2)cc1. The Labute approximate surface area is 360 Å². The highest BCUT2D eigenvalue weighted by molar-refractivity contribution is 6.07. The van der Waals surface area contributed by atoms with Crippen molar-refractivity contribution >= 4 is 29.3 Å². The number of β-lactam (4-membered cyclic amide) rings is 1. The van der Waals surface area contributed by atoms with Crippen LogP contribution in [0.2, 0.25) is 0 Å². The molecule has 1 aliphatic heterocycles. The van der Waals surface area contributed by atoms with E-state index in [1.807, 2.05) is 103 Å². The maximum absolute atomic E-state index is 14.2. The standard InChI is InChI=1S/C50H47N3O9/c1-57-36-24-20-33(21-25-36)46-45(49(55)53(46)35-26-43(58-2)47(60-4)44(27-35)59-3)32-18-22-34(23-19-32)51-48(54)42(30-61-28-31-12-6-5-7-13-31)52-50(56)62-29-41-39-16-10-8-14-37(39)38-15-9-11-17-40(38)41/h5-27,41-42,45-46H,28-30H2,1-4H3,(H,51,54)(H,52,56)/t42-,45-,46-/m0/s1. The fraction of sp³-hybridized carbons (Fsp3) is 0.220. The fourth-order valence-corrected chi connectivity index (χ4v) is 8.29. The van der Waals surface area contributed by atoms with Gasteiger partial charge in [-0.15, -0.1) is 0 Å². The molecule has 6 aromatic rings. The van der Waals surface area contributed by atoms with E-state index in [0.29, 0.717) is 34.4 Å². The first-order chi connectivity index (χ1) is 30.3. The second-order valence-electron chi connectivity index (χ2n) is 14.9. The summed E-state index contributed by atoms with van der Waals surface area (Å²) in [6, 6.07) is 42.5. The largest absolute Gasteiger partial charge is 0.497 e. The predicted molar refractivity (Wildman–Crippen MR) is 235 cm³/mol. The summed E-state index contributed by atoms with van der Waals surface area (Å²) in [5, 5.41) is 5.66. The molecule has 1 saturated heterocycles. The minimum Gasteiger partial charge on any atom is -0.497 e. The molecule has 12 heteroatoms. The third-order valence-corrected chi connectivity index (χ3v) is 11.4. The van der Waals surface area contributed by atoms with E-state index in [-0.39, 0.29) is 31.6 Å². The molecule has 0 bridgehead atoms. The van der Waals surface area contributed by atoms with Crippen LogP contribution in [0.3, 0.4) is 0 Å². The first-order valence-electron chi connectivity index (χ1n) is 20.2. The molecular formula is C50H47N3O9. The average Bonchev–Trinajstić information content (AvgIpc) is 3.63. The lowest BCUT2D eigenvalue weighted by atomic mass is 9.77. The van der Waals surface area contributed by atoms with Gasteiger partial charge in [0.25, 0.3) is 0 Å². The van der Waals surface area contributed by atoms with Gasteiger partial charge >= 0.3 is 6.09 Å². The van der Waals surface area contributed by atoms with Crippen LogP contribution in [0, 0.1) is 0 Å². The van der Waals surface area contributed by atoms with Crippen molar-refractivity contribution in [2.45, 2.75) is 30.5 Å². The van der Waals surface area contributed by atoms with Gasteiger partial charge in [-0.25, -0.2) is 4.79 Å². The highest BCUT2D eigenvalue weighted by Crippen LogP contribution is 2.52. The minimum atomic E-state index is -1.09. The van der Waals surface area contributed by atoms with E-state index in [1.54, 1.807) is 36.3 Å². The zero-order valence-electron chi connectivity index (χ0n) is 34.8. The van der Waals surface area contributed by atoms with E-state index in [2.05, 4.69) is 22.8 Å². The number of nitrogens with one attached hydrogen (secondary N) is 2. The Morgan fingerprint density at radius 2 is 1.27 bits per heavy atom. The molecule has 62 heavy (non-hydrogen) atoms. The monoisotopic (exact) mass is 833 g/mol. The number of anilines is 2. The number of ether oxygens (including phenoxy) is 6. The Kier molecular flexibility index (Phi) is 12.4. The van der Waals surface area contributed by atoms with Crippen LogP contribution in [-0.2, 0) is 25.7 Å². The van der Waals surface area contributed by atoms with Gasteiger partial charge in [-0.05, 0) is 63.2 Å². The van der Waals surface area contributed by atoms with Gasteiger partial charge in [-0.1, -0.05) is 103 Å². The molecular weight excluding hydrogens is 787 g/mol. The topological polar surface area (TPSA) is 134 Å². The summed E-state index contributed by atoms with van der Waals surface area (Å²) in [4.78, 5) is 43.2. The Hall–Kier alpha value is -7.31. The number of nitrogens with zero attached hydrogens (tertiary/aromatic N) is 1. The molecule has 3 atom stereocenters. The molecule has 1 heterocycles. The average molecular weight is 834 g/mol. The van der Waals surface area contributed by atoms with Crippen LogP contribution < -0.4 is 34.5 Å². The summed E-state index contributed by atoms with van der Waals surface area (Å²) in [6.45, 7) is 0.221. The van der Waals surface area contributed by atoms with E-state index >= 15 is 0 Å². The summed E-state index contributed by atoms with van der Waals surface area (Å²) in [7, 11) is 6.18. The van der Waals surface area contributed by atoms with Crippen LogP contribution in [0.15, 0.2) is 140 Å². The van der Waals surface area contributed by atoms with Gasteiger partial charge in [-0.2, -0.15) is 0 Å². The number of amides is 3. The summed E-state index contributed by atoms with van der Waals surface area (Å²) in [5.74, 6) is 0.610. The Bertz CT molecular complexity index is 2480. The van der Waals surface area contributed by atoms with Gasteiger partial charge in [0.05, 0.1) is 59.3 Å². The van der Waals surface area contributed by atoms with Crippen LogP contribution >= 0.6 is 0 Å². The number of carbonyl (C=O) groups is 3. The van der Waals surface area contributed by atoms with Crippen LogP contribution in [0.5, 0.6) is 23.0 Å². The predicted octanol–water partition coefficient (Wildman–Crippen LogP) is 8.66. The quantitative estimate of drug-likeness (QED) is 0.0920. The van der Waals surface area contributed by atoms with Crippen LogP contribution in [0.1, 0.15) is 45.7 Å².